The van der Waals surface area contributed by atoms with Crippen LogP contribution in [0.3, 0.4) is 0 Å². The minimum absolute atomic E-state index is 0.147. The molecule has 0 unspecified atom stereocenters. The molecule has 0 aliphatic heterocycles. The van der Waals surface area contributed by atoms with Gasteiger partial charge < -0.3 is 18.9 Å². The Balaban J connectivity index is 0.000000173. The molecule has 2 N–H and O–H groups in total. The predicted molar refractivity (Wildman–Crippen MR) is 194 cm³/mol. The average Bonchev–Trinajstić information content (AvgIpc) is 3.61. The van der Waals surface area contributed by atoms with Crippen LogP contribution in [-0.4, -0.2) is 27.0 Å². The molecular weight excluding hydrogens is 895 g/mol. The van der Waals surface area contributed by atoms with Crippen molar-refractivity contribution >= 4 is 117 Å². The molecule has 7 nitrogen and oxygen atoms in total. The first-order valence-electron chi connectivity index (χ1n) is 12.2. The zero-order valence-electron chi connectivity index (χ0n) is 22.3. The molecule has 0 bridgehead atoms. The third-order valence-corrected chi connectivity index (χ3v) is 7.72. The number of nitro benzene ring substituents is 1. The van der Waals surface area contributed by atoms with Crippen LogP contribution >= 0.6 is 77.0 Å². The van der Waals surface area contributed by atoms with Crippen molar-refractivity contribution < 1.29 is 23.8 Å². The molecule has 0 fully saturated rings. The van der Waals surface area contributed by atoms with Crippen LogP contribution in [0.5, 0.6) is 0 Å². The Bertz CT molecular complexity index is 1790. The van der Waals surface area contributed by atoms with Gasteiger partial charge in [-0.05, 0) is 82.0 Å². The van der Waals surface area contributed by atoms with Crippen LogP contribution in [0.4, 0.5) is 5.69 Å². The number of fused-ring (bicyclic) bond motifs is 2. The second kappa shape index (κ2) is 16.6. The molecule has 0 aliphatic rings. The summed E-state index contributed by atoms with van der Waals surface area (Å²) < 4.78 is 13.3. The third-order valence-electron chi connectivity index (χ3n) is 5.87. The summed E-state index contributed by atoms with van der Waals surface area (Å²) in [6.07, 6.45) is 3.19. The summed E-state index contributed by atoms with van der Waals surface area (Å²) in [7, 11) is -1.46. The SMILES string of the molecule is CI.Cc1ccc(Br)cc1-c1coc2ccccc12.O=[N+]([O-])c1ccc(Br)cc1I.OB(O)c1coc2ccccc12. The molecule has 0 amide bonds. The monoisotopic (exact) mass is 917 g/mol. The highest BCUT2D eigenvalue weighted by atomic mass is 127. The van der Waals surface area contributed by atoms with E-state index >= 15 is 0 Å². The number of halogens is 4. The highest BCUT2D eigenvalue weighted by Gasteiger charge is 2.17. The number of furan rings is 2. The van der Waals surface area contributed by atoms with E-state index in [0.717, 1.165) is 30.9 Å². The van der Waals surface area contributed by atoms with Crippen LogP contribution in [0.15, 0.2) is 115 Å². The molecule has 0 saturated heterocycles. The summed E-state index contributed by atoms with van der Waals surface area (Å²) in [5, 5.41) is 30.0. The first-order chi connectivity index (χ1) is 20.2. The minimum atomic E-state index is -1.46. The molecule has 0 radical (unpaired) electrons. The van der Waals surface area contributed by atoms with Gasteiger partial charge in [0.2, 0.25) is 0 Å². The lowest BCUT2D eigenvalue weighted by Gasteiger charge is -2.04. The van der Waals surface area contributed by atoms with E-state index in [1.54, 1.807) is 24.3 Å². The van der Waals surface area contributed by atoms with Crippen LogP contribution in [0.1, 0.15) is 5.56 Å². The smallest absolute Gasteiger partial charge is 0.465 e. The fraction of sp³-hybridized carbons (Fsp3) is 0.0667. The topological polar surface area (TPSA) is 110 Å². The molecule has 6 rings (SSSR count). The zero-order chi connectivity index (χ0) is 30.8. The average molecular weight is 919 g/mol. The first kappa shape index (κ1) is 34.3. The van der Waals surface area contributed by atoms with Crippen molar-refractivity contribution in [3.63, 3.8) is 0 Å². The molecule has 0 atom stereocenters. The van der Waals surface area contributed by atoms with E-state index < -0.39 is 12.0 Å². The number of alkyl halides is 1. The van der Waals surface area contributed by atoms with E-state index in [2.05, 4.69) is 85.6 Å². The highest BCUT2D eigenvalue weighted by molar-refractivity contribution is 14.1. The van der Waals surface area contributed by atoms with E-state index in [9.17, 15) is 10.1 Å². The summed E-state index contributed by atoms with van der Waals surface area (Å²) in [5.41, 5.74) is 5.77. The van der Waals surface area contributed by atoms with Gasteiger partial charge in [0.25, 0.3) is 5.69 Å². The van der Waals surface area contributed by atoms with Crippen LogP contribution < -0.4 is 5.46 Å². The highest BCUT2D eigenvalue weighted by Crippen LogP contribution is 2.34. The van der Waals surface area contributed by atoms with Gasteiger partial charge in [-0.2, -0.15) is 0 Å². The Labute approximate surface area is 287 Å². The predicted octanol–water partition coefficient (Wildman–Crippen LogP) is 9.30. The van der Waals surface area contributed by atoms with Crippen LogP contribution in [0.25, 0.3) is 33.1 Å². The van der Waals surface area contributed by atoms with E-state index in [-0.39, 0.29) is 5.69 Å². The third kappa shape index (κ3) is 8.89. The van der Waals surface area contributed by atoms with Gasteiger partial charge in [-0.15, -0.1) is 0 Å². The molecule has 42 heavy (non-hydrogen) atoms. The van der Waals surface area contributed by atoms with Gasteiger partial charge in [0, 0.05) is 36.8 Å². The number of rotatable bonds is 3. The normalized spacial score (nSPS) is 10.1. The maximum atomic E-state index is 10.3. The van der Waals surface area contributed by atoms with Gasteiger partial charge in [-0.3, -0.25) is 10.1 Å². The standard InChI is InChI=1S/C15H11BrO.C8H7BO3.C6H3BrINO2.CH3I/c1-10-6-7-11(16)8-13(10)14-9-17-15-5-3-2-4-12(14)15;10-9(11)7-5-12-8-4-2-1-3-6(7)8;7-4-1-2-6(9(10)11)5(8)3-4;1-2/h2-9H,1H3;1-5,10-11H;1-3H;1H3. The van der Waals surface area contributed by atoms with E-state index in [0.29, 0.717) is 14.6 Å². The van der Waals surface area contributed by atoms with Crippen molar-refractivity contribution in [2.75, 3.05) is 4.93 Å². The van der Waals surface area contributed by atoms with Gasteiger partial charge in [0.05, 0.1) is 21.0 Å². The number of benzene rings is 4. The molecule has 2 aromatic heterocycles. The second-order valence-electron chi connectivity index (χ2n) is 8.52. The van der Waals surface area contributed by atoms with Gasteiger partial charge in [0.1, 0.15) is 11.2 Å². The lowest BCUT2D eigenvalue weighted by molar-refractivity contribution is -0.385. The molecule has 6 aromatic rings. The Morgan fingerprint density at radius 2 is 1.33 bits per heavy atom. The Morgan fingerprint density at radius 1 is 0.786 bits per heavy atom. The number of hydrogen-bond donors (Lipinski definition) is 2. The van der Waals surface area contributed by atoms with E-state index in [1.807, 2.05) is 64.1 Å². The van der Waals surface area contributed by atoms with Crippen molar-refractivity contribution in [1.82, 2.24) is 0 Å². The lowest BCUT2D eigenvalue weighted by atomic mass is 9.80. The summed E-state index contributed by atoms with van der Waals surface area (Å²) in [6, 6.07) is 26.5. The minimum Gasteiger partial charge on any atom is -0.465 e. The molecule has 216 valence electrons. The van der Waals surface area contributed by atoms with Gasteiger partial charge >= 0.3 is 7.12 Å². The molecule has 12 heteroatoms. The molecular formula is C30H24BBr2I2NO6. The van der Waals surface area contributed by atoms with Crippen molar-refractivity contribution in [2.24, 2.45) is 0 Å². The second-order valence-corrected chi connectivity index (χ2v) is 11.5. The Hall–Kier alpha value is -2.24. The maximum Gasteiger partial charge on any atom is 0.492 e. The summed E-state index contributed by atoms with van der Waals surface area (Å²) in [4.78, 5) is 11.9. The number of nitrogens with zero attached hydrogens (tertiary/aromatic N) is 1. The summed E-state index contributed by atoms with van der Waals surface area (Å²) in [5.74, 6) is 0. The van der Waals surface area contributed by atoms with Crippen LogP contribution in [-0.2, 0) is 0 Å². The number of aryl methyl sites for hydroxylation is 1. The van der Waals surface area contributed by atoms with Crippen molar-refractivity contribution in [1.29, 1.82) is 0 Å². The van der Waals surface area contributed by atoms with Gasteiger partial charge in [0.15, 0.2) is 0 Å². The molecule has 4 aromatic carbocycles. The quantitative estimate of drug-likeness (QED) is 0.0603. The zero-order valence-corrected chi connectivity index (χ0v) is 29.8. The molecule has 0 saturated carbocycles. The number of nitro groups is 1. The van der Waals surface area contributed by atoms with Gasteiger partial charge in [-0.1, -0.05) is 96.9 Å². The number of para-hydroxylation sites is 2. The van der Waals surface area contributed by atoms with E-state index in [4.69, 9.17) is 18.9 Å². The molecule has 0 spiro atoms. The fourth-order valence-corrected chi connectivity index (χ4v) is 5.76. The van der Waals surface area contributed by atoms with Gasteiger partial charge in [-0.25, -0.2) is 0 Å². The van der Waals surface area contributed by atoms with Crippen molar-refractivity contribution in [3.8, 4) is 11.1 Å². The maximum absolute atomic E-state index is 10.3. The molecule has 2 heterocycles. The fourth-order valence-electron chi connectivity index (χ4n) is 3.90. The van der Waals surface area contributed by atoms with Crippen LogP contribution in [0.2, 0.25) is 0 Å². The number of hydrogen-bond acceptors (Lipinski definition) is 6. The first-order valence-corrected chi connectivity index (χ1v) is 17.0. The Morgan fingerprint density at radius 3 is 1.95 bits per heavy atom. The summed E-state index contributed by atoms with van der Waals surface area (Å²) in [6.45, 7) is 2.11. The lowest BCUT2D eigenvalue weighted by Crippen LogP contribution is -2.28. The summed E-state index contributed by atoms with van der Waals surface area (Å²) >= 11 is 10.8. The largest absolute Gasteiger partial charge is 0.492 e. The van der Waals surface area contributed by atoms with Crippen molar-refractivity contribution in [2.45, 2.75) is 6.92 Å². The van der Waals surface area contributed by atoms with Crippen molar-refractivity contribution in [3.05, 3.63) is 126 Å². The van der Waals surface area contributed by atoms with Crippen LogP contribution in [0, 0.1) is 20.6 Å². The molecule has 0 aliphatic carbocycles. The Kier molecular flexibility index (Phi) is 13.5. The van der Waals surface area contributed by atoms with E-state index in [1.165, 1.54) is 23.5 Å².